The molecule has 0 aliphatic heterocycles. The summed E-state index contributed by atoms with van der Waals surface area (Å²) in [7, 11) is 0. The molecule has 0 amide bonds. The van der Waals surface area contributed by atoms with E-state index >= 15 is 8.78 Å². The molecule has 0 N–H and O–H groups in total. The summed E-state index contributed by atoms with van der Waals surface area (Å²) < 4.78 is 60.3. The van der Waals surface area contributed by atoms with Crippen LogP contribution in [-0.2, 0) is 25.7 Å². The van der Waals surface area contributed by atoms with Crippen LogP contribution in [-0.4, -0.2) is 0 Å². The van der Waals surface area contributed by atoms with Crippen LogP contribution in [0.15, 0.2) is 42.5 Å². The summed E-state index contributed by atoms with van der Waals surface area (Å²) in [4.78, 5) is 0. The molecule has 1 unspecified atom stereocenters. The number of fused-ring (bicyclic) bond motifs is 1. The monoisotopic (exact) mass is 547 g/mol. The minimum atomic E-state index is -0.750. The highest BCUT2D eigenvalue weighted by Gasteiger charge is 2.31. The molecular formula is C35H37F4N. The Balaban J connectivity index is 1.22. The normalized spacial score (nSPS) is 20.6. The largest absolute Gasteiger partial charge is 0.207 e. The minimum Gasteiger partial charge on any atom is -0.207 e. The van der Waals surface area contributed by atoms with E-state index in [-0.39, 0.29) is 23.2 Å². The van der Waals surface area contributed by atoms with Crippen molar-refractivity contribution in [2.24, 2.45) is 5.92 Å². The van der Waals surface area contributed by atoms with Gasteiger partial charge in [0.15, 0.2) is 11.6 Å². The summed E-state index contributed by atoms with van der Waals surface area (Å²) in [5, 5.41) is 9.03. The first kappa shape index (κ1) is 28.4. The molecule has 1 saturated carbocycles. The van der Waals surface area contributed by atoms with Crippen LogP contribution in [0.2, 0.25) is 0 Å². The molecule has 2 aliphatic carbocycles. The molecule has 1 fully saturated rings. The third kappa shape index (κ3) is 5.97. The molecule has 0 spiro atoms. The fourth-order valence-corrected chi connectivity index (χ4v) is 6.85. The predicted octanol–water partition coefficient (Wildman–Crippen LogP) is 9.64. The molecule has 3 aromatic rings. The van der Waals surface area contributed by atoms with E-state index in [1.54, 1.807) is 12.1 Å². The number of hydrogen-bond donors (Lipinski definition) is 0. The second-order valence-corrected chi connectivity index (χ2v) is 11.8. The number of nitriles is 1. The lowest BCUT2D eigenvalue weighted by Gasteiger charge is -2.31. The number of halogens is 4. The lowest BCUT2D eigenvalue weighted by molar-refractivity contribution is 0.369. The fourth-order valence-electron chi connectivity index (χ4n) is 6.85. The fraction of sp³-hybridized carbons (Fsp3) is 0.457. The number of hydrogen-bond acceptors (Lipinski definition) is 1. The summed E-state index contributed by atoms with van der Waals surface area (Å²) >= 11 is 0. The predicted molar refractivity (Wildman–Crippen MR) is 150 cm³/mol. The van der Waals surface area contributed by atoms with Gasteiger partial charge in [0, 0.05) is 5.56 Å². The third-order valence-electron chi connectivity index (χ3n) is 9.27. The molecule has 0 saturated heterocycles. The maximum Gasteiger partial charge on any atom is 0.162 e. The molecule has 0 bridgehead atoms. The van der Waals surface area contributed by atoms with Crippen LogP contribution in [0.4, 0.5) is 17.6 Å². The van der Waals surface area contributed by atoms with Crippen molar-refractivity contribution < 1.29 is 17.6 Å². The van der Waals surface area contributed by atoms with Gasteiger partial charge in [-0.1, -0.05) is 37.6 Å². The van der Waals surface area contributed by atoms with Crippen LogP contribution in [0.3, 0.4) is 0 Å². The van der Waals surface area contributed by atoms with Gasteiger partial charge in [0.05, 0.1) is 11.6 Å². The van der Waals surface area contributed by atoms with Gasteiger partial charge in [0.1, 0.15) is 11.6 Å². The Hall–Kier alpha value is -3.13. The van der Waals surface area contributed by atoms with Crippen LogP contribution >= 0.6 is 0 Å². The molecule has 40 heavy (non-hydrogen) atoms. The van der Waals surface area contributed by atoms with E-state index in [9.17, 15) is 8.78 Å². The molecule has 210 valence electrons. The van der Waals surface area contributed by atoms with E-state index in [0.717, 1.165) is 50.5 Å². The van der Waals surface area contributed by atoms with Crippen LogP contribution < -0.4 is 0 Å². The van der Waals surface area contributed by atoms with Crippen LogP contribution in [0.5, 0.6) is 0 Å². The van der Waals surface area contributed by atoms with Crippen molar-refractivity contribution >= 4 is 0 Å². The topological polar surface area (TPSA) is 23.8 Å². The molecule has 2 aliphatic rings. The smallest absolute Gasteiger partial charge is 0.162 e. The minimum absolute atomic E-state index is 0.129. The summed E-state index contributed by atoms with van der Waals surface area (Å²) in [6, 6.07) is 14.7. The first-order valence-electron chi connectivity index (χ1n) is 14.8. The van der Waals surface area contributed by atoms with Gasteiger partial charge < -0.3 is 0 Å². The van der Waals surface area contributed by atoms with E-state index in [1.165, 1.54) is 11.6 Å². The number of aryl methyl sites for hydroxylation is 2. The van der Waals surface area contributed by atoms with Gasteiger partial charge >= 0.3 is 0 Å². The second-order valence-electron chi connectivity index (χ2n) is 11.8. The number of unbranched alkanes of at least 4 members (excludes halogenated alkanes) is 1. The Labute approximate surface area is 235 Å². The lowest BCUT2D eigenvalue weighted by Crippen LogP contribution is -2.20. The number of nitrogens with zero attached hydrogens (tertiary/aromatic N) is 1. The van der Waals surface area contributed by atoms with Crippen molar-refractivity contribution in [1.29, 1.82) is 5.26 Å². The summed E-state index contributed by atoms with van der Waals surface area (Å²) in [5.74, 6) is -1.90. The molecule has 5 heteroatoms. The standard InChI is InChI=1S/C35H37F4N/c1-2-3-4-27-16-17-28(34(38)33(27)37)11-5-22-8-18-30-29(19-22)20-31(36)32(35(30)39)26-14-12-25(13-15-26)24-9-6-23(21-40)7-10-24/h6-7,9-10,16-17,20,22,25-26H,2-5,8,11-15,18-19H2,1H3. The number of rotatable bonds is 8. The van der Waals surface area contributed by atoms with Crippen molar-refractivity contribution in [1.82, 2.24) is 0 Å². The molecule has 0 radical (unpaired) electrons. The zero-order chi connectivity index (χ0) is 28.2. The van der Waals surface area contributed by atoms with Crippen LogP contribution in [0.1, 0.15) is 109 Å². The molecule has 1 atom stereocenters. The Morgan fingerprint density at radius 1 is 0.800 bits per heavy atom. The summed E-state index contributed by atoms with van der Waals surface area (Å²) in [5.41, 5.74) is 4.24. The highest BCUT2D eigenvalue weighted by atomic mass is 19.2. The number of benzene rings is 3. The highest BCUT2D eigenvalue weighted by molar-refractivity contribution is 5.40. The van der Waals surface area contributed by atoms with Gasteiger partial charge in [-0.15, -0.1) is 0 Å². The lowest BCUT2D eigenvalue weighted by atomic mass is 9.74. The molecule has 1 nitrogen and oxygen atoms in total. The molecule has 0 aromatic heterocycles. The van der Waals surface area contributed by atoms with Crippen molar-refractivity contribution in [3.63, 3.8) is 0 Å². The van der Waals surface area contributed by atoms with Crippen molar-refractivity contribution in [3.05, 3.63) is 105 Å². The zero-order valence-electron chi connectivity index (χ0n) is 23.2. The highest BCUT2D eigenvalue weighted by Crippen LogP contribution is 2.44. The van der Waals surface area contributed by atoms with E-state index < -0.39 is 17.5 Å². The Morgan fingerprint density at radius 2 is 1.45 bits per heavy atom. The maximum atomic E-state index is 15.7. The molecule has 0 heterocycles. The zero-order valence-corrected chi connectivity index (χ0v) is 23.2. The van der Waals surface area contributed by atoms with Crippen molar-refractivity contribution in [2.45, 2.75) is 95.8 Å². The van der Waals surface area contributed by atoms with Gasteiger partial charge in [-0.3, -0.25) is 0 Å². The third-order valence-corrected chi connectivity index (χ3v) is 9.27. The molecular weight excluding hydrogens is 510 g/mol. The van der Waals surface area contributed by atoms with Crippen molar-refractivity contribution in [2.75, 3.05) is 0 Å². The van der Waals surface area contributed by atoms with Gasteiger partial charge in [0.2, 0.25) is 0 Å². The Bertz CT molecular complexity index is 1380. The molecule has 5 rings (SSSR count). The van der Waals surface area contributed by atoms with E-state index in [2.05, 4.69) is 6.07 Å². The summed E-state index contributed by atoms with van der Waals surface area (Å²) in [6.07, 6.45) is 8.45. The Kier molecular flexibility index (Phi) is 8.94. The van der Waals surface area contributed by atoms with E-state index in [4.69, 9.17) is 5.26 Å². The average molecular weight is 548 g/mol. The quantitative estimate of drug-likeness (QED) is 0.258. The first-order valence-corrected chi connectivity index (χ1v) is 14.8. The van der Waals surface area contributed by atoms with Crippen LogP contribution in [0.25, 0.3) is 0 Å². The maximum absolute atomic E-state index is 15.7. The SMILES string of the molecule is CCCCc1ccc(CCC2CCc3c(cc(F)c(C4CCC(c5ccc(C#N)cc5)CC4)c3F)C2)c(F)c1F. The van der Waals surface area contributed by atoms with Crippen LogP contribution in [0, 0.1) is 40.5 Å². The average Bonchev–Trinajstić information content (AvgIpc) is 2.97. The second kappa shape index (κ2) is 12.6. The summed E-state index contributed by atoms with van der Waals surface area (Å²) in [6.45, 7) is 2.02. The Morgan fingerprint density at radius 3 is 2.10 bits per heavy atom. The van der Waals surface area contributed by atoms with E-state index in [0.29, 0.717) is 60.3 Å². The first-order chi connectivity index (χ1) is 19.4. The van der Waals surface area contributed by atoms with Gasteiger partial charge in [-0.25, -0.2) is 17.6 Å². The van der Waals surface area contributed by atoms with Gasteiger partial charge in [-0.2, -0.15) is 5.26 Å². The van der Waals surface area contributed by atoms with E-state index in [1.807, 2.05) is 31.2 Å². The van der Waals surface area contributed by atoms with Gasteiger partial charge in [0.25, 0.3) is 0 Å². The van der Waals surface area contributed by atoms with Crippen molar-refractivity contribution in [3.8, 4) is 6.07 Å². The molecule has 3 aromatic carbocycles. The van der Waals surface area contributed by atoms with Gasteiger partial charge in [-0.05, 0) is 134 Å².